The summed E-state index contributed by atoms with van der Waals surface area (Å²) in [5, 5.41) is 3.79. The van der Waals surface area contributed by atoms with Crippen molar-refractivity contribution in [3.05, 3.63) is 0 Å². The Kier molecular flexibility index (Phi) is 4.91. The molecule has 4 unspecified atom stereocenters. The number of nitrogens with one attached hydrogen (secondary N) is 1. The van der Waals surface area contributed by atoms with Gasteiger partial charge in [0.1, 0.15) is 0 Å². The van der Waals surface area contributed by atoms with E-state index in [1.54, 1.807) is 0 Å². The van der Waals surface area contributed by atoms with E-state index in [-0.39, 0.29) is 0 Å². The SMILES string of the molecule is CCOC1CC(NCC(C)N(C)C2CC2)C1(C)CC. The van der Waals surface area contributed by atoms with Crippen molar-refractivity contribution in [2.45, 2.75) is 77.6 Å². The van der Waals surface area contributed by atoms with E-state index in [0.29, 0.717) is 23.6 Å². The number of nitrogens with zero attached hydrogens (tertiary/aromatic N) is 1. The summed E-state index contributed by atoms with van der Waals surface area (Å²) in [5.41, 5.74) is 0.327. The smallest absolute Gasteiger partial charge is 0.0658 e. The molecule has 1 N–H and O–H groups in total. The molecule has 0 aromatic heterocycles. The first kappa shape index (κ1) is 15.3. The van der Waals surface area contributed by atoms with Crippen LogP contribution in [0.3, 0.4) is 0 Å². The topological polar surface area (TPSA) is 24.5 Å². The van der Waals surface area contributed by atoms with E-state index in [4.69, 9.17) is 4.74 Å². The van der Waals surface area contributed by atoms with Crippen LogP contribution in [0.25, 0.3) is 0 Å². The van der Waals surface area contributed by atoms with Gasteiger partial charge in [0.25, 0.3) is 0 Å². The summed E-state index contributed by atoms with van der Waals surface area (Å²) in [6, 6.07) is 2.12. The lowest BCUT2D eigenvalue weighted by atomic mass is 9.61. The largest absolute Gasteiger partial charge is 0.378 e. The average molecular weight is 268 g/mol. The van der Waals surface area contributed by atoms with Gasteiger partial charge in [-0.05, 0) is 46.6 Å². The molecule has 2 aliphatic carbocycles. The third kappa shape index (κ3) is 3.14. The molecular formula is C16H32N2O. The molecule has 0 aromatic carbocycles. The average Bonchev–Trinajstić information content (AvgIpc) is 3.24. The molecule has 3 nitrogen and oxygen atoms in total. The molecule has 0 saturated heterocycles. The molecule has 3 heteroatoms. The lowest BCUT2D eigenvalue weighted by Crippen LogP contribution is -2.63. The summed E-state index contributed by atoms with van der Waals surface area (Å²) in [6.07, 6.45) is 5.61. The first-order valence-corrected chi connectivity index (χ1v) is 8.09. The second-order valence-electron chi connectivity index (χ2n) is 6.75. The fraction of sp³-hybridized carbons (Fsp3) is 1.00. The number of ether oxygens (including phenoxy) is 1. The van der Waals surface area contributed by atoms with Gasteiger partial charge in [0.2, 0.25) is 0 Å². The molecule has 0 bridgehead atoms. The quantitative estimate of drug-likeness (QED) is 0.732. The van der Waals surface area contributed by atoms with E-state index in [2.05, 4.69) is 45.0 Å². The van der Waals surface area contributed by atoms with Crippen LogP contribution in [0.1, 0.15) is 53.4 Å². The Bertz CT molecular complexity index is 292. The van der Waals surface area contributed by atoms with E-state index in [0.717, 1.165) is 19.2 Å². The lowest BCUT2D eigenvalue weighted by molar-refractivity contribution is -0.126. The van der Waals surface area contributed by atoms with Crippen molar-refractivity contribution in [2.24, 2.45) is 5.41 Å². The number of hydrogen-bond donors (Lipinski definition) is 1. The van der Waals surface area contributed by atoms with Gasteiger partial charge in [0, 0.05) is 36.7 Å². The Hall–Kier alpha value is -0.120. The van der Waals surface area contributed by atoms with Gasteiger partial charge in [0.05, 0.1) is 6.10 Å². The monoisotopic (exact) mass is 268 g/mol. The van der Waals surface area contributed by atoms with E-state index < -0.39 is 0 Å². The van der Waals surface area contributed by atoms with Crippen molar-refractivity contribution < 1.29 is 4.74 Å². The zero-order valence-electron chi connectivity index (χ0n) is 13.4. The van der Waals surface area contributed by atoms with Crippen molar-refractivity contribution in [3.63, 3.8) is 0 Å². The van der Waals surface area contributed by atoms with Gasteiger partial charge < -0.3 is 10.1 Å². The Labute approximate surface area is 119 Å². The van der Waals surface area contributed by atoms with Crippen LogP contribution in [0.5, 0.6) is 0 Å². The highest BCUT2D eigenvalue weighted by atomic mass is 16.5. The molecule has 0 radical (unpaired) electrons. The van der Waals surface area contributed by atoms with Crippen LogP contribution in [-0.2, 0) is 4.74 Å². The van der Waals surface area contributed by atoms with Gasteiger partial charge in [0.15, 0.2) is 0 Å². The first-order chi connectivity index (χ1) is 9.02. The van der Waals surface area contributed by atoms with Crippen LogP contribution in [0.15, 0.2) is 0 Å². The van der Waals surface area contributed by atoms with Crippen LogP contribution in [0.2, 0.25) is 0 Å². The Balaban J connectivity index is 1.76. The fourth-order valence-corrected chi connectivity index (χ4v) is 3.37. The highest BCUT2D eigenvalue weighted by Crippen LogP contribution is 2.45. The minimum Gasteiger partial charge on any atom is -0.378 e. The van der Waals surface area contributed by atoms with Crippen LogP contribution in [0.4, 0.5) is 0 Å². The minimum atomic E-state index is 0.327. The van der Waals surface area contributed by atoms with Crippen molar-refractivity contribution in [1.82, 2.24) is 10.2 Å². The molecule has 2 fully saturated rings. The molecular weight excluding hydrogens is 236 g/mol. The van der Waals surface area contributed by atoms with Gasteiger partial charge in [-0.1, -0.05) is 13.8 Å². The minimum absolute atomic E-state index is 0.327. The zero-order valence-corrected chi connectivity index (χ0v) is 13.4. The number of hydrogen-bond acceptors (Lipinski definition) is 3. The maximum Gasteiger partial charge on any atom is 0.0658 e. The van der Waals surface area contributed by atoms with Crippen LogP contribution >= 0.6 is 0 Å². The molecule has 19 heavy (non-hydrogen) atoms. The van der Waals surface area contributed by atoms with Crippen LogP contribution in [-0.4, -0.2) is 49.3 Å². The summed E-state index contributed by atoms with van der Waals surface area (Å²) < 4.78 is 5.87. The Morgan fingerprint density at radius 1 is 1.37 bits per heavy atom. The predicted molar refractivity (Wildman–Crippen MR) is 80.5 cm³/mol. The fourth-order valence-electron chi connectivity index (χ4n) is 3.37. The van der Waals surface area contributed by atoms with Gasteiger partial charge in [-0.2, -0.15) is 0 Å². The molecule has 0 spiro atoms. The highest BCUT2D eigenvalue weighted by Gasteiger charge is 2.50. The third-order valence-electron chi connectivity index (χ3n) is 5.59. The molecule has 0 aliphatic heterocycles. The molecule has 0 amide bonds. The molecule has 4 atom stereocenters. The summed E-state index contributed by atoms with van der Waals surface area (Å²) >= 11 is 0. The zero-order chi connectivity index (χ0) is 14.0. The Morgan fingerprint density at radius 2 is 2.05 bits per heavy atom. The summed E-state index contributed by atoms with van der Waals surface area (Å²) in [7, 11) is 2.27. The third-order valence-corrected chi connectivity index (χ3v) is 5.59. The van der Waals surface area contributed by atoms with E-state index in [1.165, 1.54) is 25.7 Å². The van der Waals surface area contributed by atoms with Crippen molar-refractivity contribution in [2.75, 3.05) is 20.2 Å². The van der Waals surface area contributed by atoms with E-state index in [9.17, 15) is 0 Å². The highest BCUT2D eigenvalue weighted by molar-refractivity contribution is 5.05. The van der Waals surface area contributed by atoms with Gasteiger partial charge in [-0.25, -0.2) is 0 Å². The summed E-state index contributed by atoms with van der Waals surface area (Å²) in [4.78, 5) is 2.54. The first-order valence-electron chi connectivity index (χ1n) is 8.09. The molecule has 0 heterocycles. The maximum atomic E-state index is 5.87. The van der Waals surface area contributed by atoms with Crippen molar-refractivity contribution in [1.29, 1.82) is 0 Å². The van der Waals surface area contributed by atoms with Gasteiger partial charge in [-0.15, -0.1) is 0 Å². The van der Waals surface area contributed by atoms with Gasteiger partial charge in [-0.3, -0.25) is 4.90 Å². The van der Waals surface area contributed by atoms with Crippen LogP contribution in [0, 0.1) is 5.41 Å². The maximum absolute atomic E-state index is 5.87. The van der Waals surface area contributed by atoms with E-state index >= 15 is 0 Å². The van der Waals surface area contributed by atoms with Crippen LogP contribution < -0.4 is 5.32 Å². The van der Waals surface area contributed by atoms with Gasteiger partial charge >= 0.3 is 0 Å². The predicted octanol–water partition coefficient (Wildman–Crippen LogP) is 2.65. The summed E-state index contributed by atoms with van der Waals surface area (Å²) in [6.45, 7) is 11.1. The molecule has 0 aromatic rings. The Morgan fingerprint density at radius 3 is 2.58 bits per heavy atom. The second kappa shape index (κ2) is 6.11. The number of rotatable bonds is 8. The molecule has 2 saturated carbocycles. The standard InChI is InChI=1S/C16H32N2O/c1-6-16(4)14(10-15(16)19-7-2)17-11-12(3)18(5)13-8-9-13/h12-15,17H,6-11H2,1-5H3. The van der Waals surface area contributed by atoms with Crippen molar-refractivity contribution >= 4 is 0 Å². The molecule has 112 valence electrons. The summed E-state index contributed by atoms with van der Waals surface area (Å²) in [5.74, 6) is 0. The van der Waals surface area contributed by atoms with Crippen molar-refractivity contribution in [3.8, 4) is 0 Å². The lowest BCUT2D eigenvalue weighted by Gasteiger charge is -2.54. The number of likely N-dealkylation sites (N-methyl/N-ethyl adjacent to an activating group) is 1. The second-order valence-corrected chi connectivity index (χ2v) is 6.75. The molecule has 2 aliphatic rings. The van der Waals surface area contributed by atoms with E-state index in [1.807, 2.05) is 0 Å². The normalized spacial score (nSPS) is 36.3. The molecule has 2 rings (SSSR count).